The Morgan fingerprint density at radius 2 is 1.96 bits per heavy atom. The number of aromatic nitrogens is 3. The first-order valence-corrected chi connectivity index (χ1v) is 8.39. The maximum atomic E-state index is 12.3. The third-order valence-electron chi connectivity index (χ3n) is 3.83. The number of pyridine rings is 1. The molecule has 1 aromatic carbocycles. The summed E-state index contributed by atoms with van der Waals surface area (Å²) in [5.41, 5.74) is 8.09. The van der Waals surface area contributed by atoms with Crippen LogP contribution in [0.2, 0.25) is 0 Å². The zero-order valence-electron chi connectivity index (χ0n) is 14.8. The van der Waals surface area contributed by atoms with E-state index in [1.807, 2.05) is 18.2 Å². The van der Waals surface area contributed by atoms with Crippen LogP contribution >= 0.6 is 0 Å². The average molecular weight is 365 g/mol. The standard InChI is InChI=1S/C19H19N5O3/c1-2-27-19(26)16-12-23-24(17(16)20)15-8-6-13(7-9-15)18(25)22-11-14-5-3-4-10-21-14/h3-10,12H,2,11,20H2,1H3,(H,22,25). The number of benzene rings is 1. The SMILES string of the molecule is CCOC(=O)c1cnn(-c2ccc(C(=O)NCc3ccccn3)cc2)c1N. The lowest BCUT2D eigenvalue weighted by Crippen LogP contribution is -2.23. The first kappa shape index (κ1) is 18.1. The molecule has 3 rings (SSSR count). The molecular weight excluding hydrogens is 346 g/mol. The third kappa shape index (κ3) is 4.12. The number of carbonyl (C=O) groups excluding carboxylic acids is 2. The molecular formula is C19H19N5O3. The zero-order chi connectivity index (χ0) is 19.2. The Labute approximate surface area is 156 Å². The van der Waals surface area contributed by atoms with E-state index in [1.165, 1.54) is 10.9 Å². The number of nitrogens with zero attached hydrogens (tertiary/aromatic N) is 3. The molecule has 1 amide bonds. The van der Waals surface area contributed by atoms with E-state index in [-0.39, 0.29) is 23.9 Å². The van der Waals surface area contributed by atoms with Gasteiger partial charge >= 0.3 is 5.97 Å². The summed E-state index contributed by atoms with van der Waals surface area (Å²) in [7, 11) is 0. The molecule has 2 heterocycles. The molecule has 0 fully saturated rings. The Morgan fingerprint density at radius 3 is 2.63 bits per heavy atom. The topological polar surface area (TPSA) is 112 Å². The summed E-state index contributed by atoms with van der Waals surface area (Å²) in [6.45, 7) is 2.32. The van der Waals surface area contributed by atoms with Crippen molar-refractivity contribution in [1.82, 2.24) is 20.1 Å². The molecule has 138 valence electrons. The fourth-order valence-corrected chi connectivity index (χ4v) is 2.46. The van der Waals surface area contributed by atoms with Crippen LogP contribution in [0.4, 0.5) is 5.82 Å². The Hall–Kier alpha value is -3.68. The van der Waals surface area contributed by atoms with Crippen LogP contribution in [0.1, 0.15) is 33.3 Å². The van der Waals surface area contributed by atoms with E-state index in [2.05, 4.69) is 15.4 Å². The van der Waals surface area contributed by atoms with Crippen molar-refractivity contribution >= 4 is 17.7 Å². The van der Waals surface area contributed by atoms with Crippen LogP contribution < -0.4 is 11.1 Å². The van der Waals surface area contributed by atoms with Crippen LogP contribution in [0.25, 0.3) is 5.69 Å². The van der Waals surface area contributed by atoms with E-state index >= 15 is 0 Å². The number of hydrogen-bond donors (Lipinski definition) is 2. The zero-order valence-corrected chi connectivity index (χ0v) is 14.8. The van der Waals surface area contributed by atoms with Crippen molar-refractivity contribution in [3.05, 3.63) is 71.7 Å². The van der Waals surface area contributed by atoms with Gasteiger partial charge in [0.25, 0.3) is 5.91 Å². The van der Waals surface area contributed by atoms with Gasteiger partial charge in [-0.25, -0.2) is 9.48 Å². The summed E-state index contributed by atoms with van der Waals surface area (Å²) in [4.78, 5) is 28.2. The second kappa shape index (κ2) is 8.13. The Bertz CT molecular complexity index is 936. The minimum absolute atomic E-state index is 0.181. The van der Waals surface area contributed by atoms with E-state index in [9.17, 15) is 9.59 Å². The van der Waals surface area contributed by atoms with Crippen LogP contribution in [0, 0.1) is 0 Å². The van der Waals surface area contributed by atoms with Crippen molar-refractivity contribution in [2.24, 2.45) is 0 Å². The molecule has 8 heteroatoms. The summed E-state index contributed by atoms with van der Waals surface area (Å²) >= 11 is 0. The number of carbonyl (C=O) groups is 2. The highest BCUT2D eigenvalue weighted by atomic mass is 16.5. The summed E-state index contributed by atoms with van der Waals surface area (Å²) in [6.07, 6.45) is 3.04. The number of nitrogen functional groups attached to an aromatic ring is 1. The molecule has 0 aliphatic heterocycles. The Morgan fingerprint density at radius 1 is 1.19 bits per heavy atom. The van der Waals surface area contributed by atoms with Gasteiger partial charge in [0.2, 0.25) is 0 Å². The number of esters is 1. The van der Waals surface area contributed by atoms with E-state index in [1.54, 1.807) is 37.4 Å². The first-order valence-electron chi connectivity index (χ1n) is 8.39. The Balaban J connectivity index is 1.70. The van der Waals surface area contributed by atoms with Gasteiger partial charge in [0, 0.05) is 11.8 Å². The van der Waals surface area contributed by atoms with Gasteiger partial charge in [0.15, 0.2) is 0 Å². The second-order valence-electron chi connectivity index (χ2n) is 5.63. The van der Waals surface area contributed by atoms with Crippen molar-refractivity contribution in [1.29, 1.82) is 0 Å². The maximum Gasteiger partial charge on any atom is 0.343 e. The van der Waals surface area contributed by atoms with Crippen molar-refractivity contribution in [2.45, 2.75) is 13.5 Å². The van der Waals surface area contributed by atoms with Crippen molar-refractivity contribution in [3.63, 3.8) is 0 Å². The first-order chi connectivity index (χ1) is 13.1. The number of hydrogen-bond acceptors (Lipinski definition) is 6. The van der Waals surface area contributed by atoms with Crippen LogP contribution in [-0.4, -0.2) is 33.2 Å². The highest BCUT2D eigenvalue weighted by Gasteiger charge is 2.17. The van der Waals surface area contributed by atoms with Crippen LogP contribution in [0.3, 0.4) is 0 Å². The van der Waals surface area contributed by atoms with Crippen LogP contribution in [0.5, 0.6) is 0 Å². The highest BCUT2D eigenvalue weighted by molar-refractivity contribution is 5.95. The minimum Gasteiger partial charge on any atom is -0.462 e. The lowest BCUT2D eigenvalue weighted by atomic mass is 10.2. The van der Waals surface area contributed by atoms with Crippen LogP contribution in [-0.2, 0) is 11.3 Å². The summed E-state index contributed by atoms with van der Waals surface area (Å²) in [5.74, 6) is -0.555. The predicted molar refractivity (Wildman–Crippen MR) is 99.3 cm³/mol. The summed E-state index contributed by atoms with van der Waals surface area (Å²) in [5, 5.41) is 6.93. The van der Waals surface area contributed by atoms with E-state index in [0.717, 1.165) is 5.69 Å². The lowest BCUT2D eigenvalue weighted by Gasteiger charge is -2.08. The third-order valence-corrected chi connectivity index (χ3v) is 3.83. The van der Waals surface area contributed by atoms with Gasteiger partial charge in [0.05, 0.1) is 30.7 Å². The predicted octanol–water partition coefficient (Wildman–Crippen LogP) is 1.96. The molecule has 3 N–H and O–H groups in total. The van der Waals surface area contributed by atoms with Crippen LogP contribution in [0.15, 0.2) is 54.9 Å². The van der Waals surface area contributed by atoms with Gasteiger partial charge in [-0.2, -0.15) is 5.10 Å². The number of rotatable bonds is 6. The highest BCUT2D eigenvalue weighted by Crippen LogP contribution is 2.18. The Kier molecular flexibility index (Phi) is 5.46. The fourth-order valence-electron chi connectivity index (χ4n) is 2.46. The van der Waals surface area contributed by atoms with E-state index < -0.39 is 5.97 Å². The maximum absolute atomic E-state index is 12.3. The molecule has 0 radical (unpaired) electrons. The average Bonchev–Trinajstić information content (AvgIpc) is 3.08. The van der Waals surface area contributed by atoms with E-state index in [4.69, 9.17) is 10.5 Å². The van der Waals surface area contributed by atoms with E-state index in [0.29, 0.717) is 17.8 Å². The van der Waals surface area contributed by atoms with Crippen molar-refractivity contribution in [3.8, 4) is 5.69 Å². The summed E-state index contributed by atoms with van der Waals surface area (Å²) < 4.78 is 6.36. The van der Waals surface area contributed by atoms with Gasteiger partial charge in [-0.05, 0) is 43.3 Å². The normalized spacial score (nSPS) is 10.4. The molecule has 2 aromatic heterocycles. The minimum atomic E-state index is -0.522. The monoisotopic (exact) mass is 365 g/mol. The molecule has 0 saturated heterocycles. The molecule has 0 aliphatic rings. The molecule has 8 nitrogen and oxygen atoms in total. The molecule has 0 spiro atoms. The second-order valence-corrected chi connectivity index (χ2v) is 5.63. The van der Waals surface area contributed by atoms with Crippen molar-refractivity contribution < 1.29 is 14.3 Å². The number of anilines is 1. The molecule has 0 atom stereocenters. The molecule has 27 heavy (non-hydrogen) atoms. The molecule has 3 aromatic rings. The number of nitrogens with one attached hydrogen (secondary N) is 1. The molecule has 0 bridgehead atoms. The van der Waals surface area contributed by atoms with Crippen molar-refractivity contribution in [2.75, 3.05) is 12.3 Å². The molecule has 0 saturated carbocycles. The number of ether oxygens (including phenoxy) is 1. The molecule has 0 aliphatic carbocycles. The summed E-state index contributed by atoms with van der Waals surface area (Å²) in [6, 6.07) is 12.2. The van der Waals surface area contributed by atoms with Gasteiger partial charge < -0.3 is 15.8 Å². The fraction of sp³-hybridized carbons (Fsp3) is 0.158. The smallest absolute Gasteiger partial charge is 0.343 e. The number of amides is 1. The van der Waals surface area contributed by atoms with Gasteiger partial charge in [-0.1, -0.05) is 6.07 Å². The van der Waals surface area contributed by atoms with Gasteiger partial charge in [-0.3, -0.25) is 9.78 Å². The van der Waals surface area contributed by atoms with Gasteiger partial charge in [0.1, 0.15) is 11.4 Å². The quantitative estimate of drug-likeness (QED) is 0.646. The lowest BCUT2D eigenvalue weighted by molar-refractivity contribution is 0.0527. The number of nitrogens with two attached hydrogens (primary N) is 1. The largest absolute Gasteiger partial charge is 0.462 e. The molecule has 0 unspecified atom stereocenters. The van der Waals surface area contributed by atoms with Gasteiger partial charge in [-0.15, -0.1) is 0 Å².